The highest BCUT2D eigenvalue weighted by atomic mass is 31.2. The van der Waals surface area contributed by atoms with E-state index in [0.717, 1.165) is 64.2 Å². The lowest BCUT2D eigenvalue weighted by Crippen LogP contribution is -2.64. The van der Waals surface area contributed by atoms with Crippen molar-refractivity contribution in [3.05, 3.63) is 85.1 Å². The summed E-state index contributed by atoms with van der Waals surface area (Å²) in [7, 11) is -10.8. The Kier molecular flexibility index (Phi) is 36.1. The molecule has 8 N–H and O–H groups in total. The minimum absolute atomic E-state index is 0.0487. The number of aliphatic hydroxyl groups excluding tert-OH is 5. The maximum absolute atomic E-state index is 13.0. The van der Waals surface area contributed by atoms with Gasteiger partial charge in [-0.3, -0.25) is 23.2 Å². The monoisotopic (exact) mass is 1000 g/mol. The number of unbranched alkanes of at least 4 members (excludes halogenated alkanes) is 10. The van der Waals surface area contributed by atoms with Crippen molar-refractivity contribution in [3.63, 3.8) is 0 Å². The Hall–Kier alpha value is -2.86. The van der Waals surface area contributed by atoms with Gasteiger partial charge in [0.2, 0.25) is 0 Å². The number of hydrogen-bond acceptors (Lipinski definition) is 14. The molecule has 0 heterocycles. The third kappa shape index (κ3) is 32.9. The summed E-state index contributed by atoms with van der Waals surface area (Å²) < 4.78 is 49.2. The van der Waals surface area contributed by atoms with Crippen LogP contribution in [0.5, 0.6) is 0 Å². The van der Waals surface area contributed by atoms with Gasteiger partial charge in [-0.15, -0.1) is 0 Å². The van der Waals surface area contributed by atoms with Crippen LogP contribution in [0.3, 0.4) is 0 Å². The van der Waals surface area contributed by atoms with Gasteiger partial charge in [0.1, 0.15) is 43.2 Å². The van der Waals surface area contributed by atoms with Crippen molar-refractivity contribution in [2.45, 2.75) is 198 Å². The molecule has 1 fully saturated rings. The molecule has 17 nitrogen and oxygen atoms in total. The van der Waals surface area contributed by atoms with E-state index in [-0.39, 0.29) is 25.7 Å². The Balaban J connectivity index is 2.69. The van der Waals surface area contributed by atoms with Gasteiger partial charge in [-0.1, -0.05) is 144 Å². The average molecular weight is 1010 g/mol. The predicted molar refractivity (Wildman–Crippen MR) is 261 cm³/mol. The van der Waals surface area contributed by atoms with Crippen molar-refractivity contribution in [2.24, 2.45) is 0 Å². The first-order valence-electron chi connectivity index (χ1n) is 24.2. The molecule has 0 aromatic rings. The smallest absolute Gasteiger partial charge is 0.462 e. The number of esters is 2. The van der Waals surface area contributed by atoms with E-state index in [0.29, 0.717) is 6.42 Å². The lowest BCUT2D eigenvalue weighted by Gasteiger charge is -2.43. The molecule has 0 amide bonds. The SMILES string of the molecule is CC/C=C\C/C=C\C/C=C\C/C=C\CCCCCCC(=O)OC[C@H](COP(=O)(O)O[C@H]1C(O)C(O)C(O)[C@@H](OP(=O)(O)O)C1O)OC(=O)CCCC(O)/C=C/C=C/C/C=C/CCCCCCCC. The third-order valence-corrected chi connectivity index (χ3v) is 12.1. The third-order valence-electron chi connectivity index (χ3n) is 10.6. The van der Waals surface area contributed by atoms with Crippen molar-refractivity contribution in [1.29, 1.82) is 0 Å². The van der Waals surface area contributed by atoms with Crippen LogP contribution >= 0.6 is 15.6 Å². The summed E-state index contributed by atoms with van der Waals surface area (Å²) in [6.45, 7) is 2.80. The number of carbonyl (C=O) groups is 2. The summed E-state index contributed by atoms with van der Waals surface area (Å²) in [6.07, 6.45) is 29.8. The highest BCUT2D eigenvalue weighted by Gasteiger charge is 2.54. The summed E-state index contributed by atoms with van der Waals surface area (Å²) in [5.74, 6) is -1.44. The van der Waals surface area contributed by atoms with Crippen molar-refractivity contribution in [3.8, 4) is 0 Å². The van der Waals surface area contributed by atoms with Gasteiger partial charge in [-0.2, -0.15) is 0 Å². The average Bonchev–Trinajstić information content (AvgIpc) is 3.29. The van der Waals surface area contributed by atoms with Gasteiger partial charge in [0.15, 0.2) is 6.10 Å². The molecule has 0 saturated heterocycles. The second-order valence-electron chi connectivity index (χ2n) is 16.6. The van der Waals surface area contributed by atoms with E-state index >= 15 is 0 Å². The fourth-order valence-electron chi connectivity index (χ4n) is 6.79. The lowest BCUT2D eigenvalue weighted by molar-refractivity contribution is -0.216. The van der Waals surface area contributed by atoms with E-state index in [2.05, 4.69) is 79.1 Å². The molecule has 0 bridgehead atoms. The standard InChI is InChI=1S/C49H82O17P2/c1-3-5-7-9-11-13-15-17-18-19-20-22-24-26-28-30-32-36-42(51)62-38-41(39-63-68(60,61)66-49-46(55)44(53)45(54)48(47(49)56)65-67(57,58)59)64-43(52)37-33-35-40(50)34-31-29-27-25-23-21-16-14-12-10-8-6-4-2/h5,7,11,13,17-18,20-23,27,29,31,34,40-41,44-50,53-56H,3-4,6,8-10,12,14-16,19,24-26,28,30,32-33,35-39H2,1-2H3,(H,60,61)(H2,57,58,59)/b7-5-,13-11-,18-17-,22-20-,23-21+,29-27+,34-31+/t40?,41-,44?,45?,46?,47?,48-,49+/m1/s1. The van der Waals surface area contributed by atoms with Gasteiger partial charge >= 0.3 is 27.6 Å². The van der Waals surface area contributed by atoms with Crippen LogP contribution in [0.4, 0.5) is 0 Å². The summed E-state index contributed by atoms with van der Waals surface area (Å²) in [4.78, 5) is 54.3. The first-order chi connectivity index (χ1) is 32.5. The maximum atomic E-state index is 13.0. The molecular weight excluding hydrogens is 922 g/mol. The molecule has 1 aliphatic rings. The highest BCUT2D eigenvalue weighted by molar-refractivity contribution is 7.47. The molecule has 1 rings (SSSR count). The van der Waals surface area contributed by atoms with Crippen molar-refractivity contribution in [2.75, 3.05) is 13.2 Å². The molecule has 9 atom stereocenters. The molecule has 0 radical (unpaired) electrons. The van der Waals surface area contributed by atoms with Crippen molar-refractivity contribution >= 4 is 27.6 Å². The Morgan fingerprint density at radius 2 is 1.07 bits per heavy atom. The van der Waals surface area contributed by atoms with Gasteiger partial charge in [0.05, 0.1) is 12.7 Å². The van der Waals surface area contributed by atoms with Crippen LogP contribution in [-0.2, 0) is 41.8 Å². The molecular formula is C49H82O17P2. The summed E-state index contributed by atoms with van der Waals surface area (Å²) in [5.41, 5.74) is 0. The predicted octanol–water partition coefficient (Wildman–Crippen LogP) is 8.36. The maximum Gasteiger partial charge on any atom is 0.472 e. The Labute approximate surface area is 404 Å². The van der Waals surface area contributed by atoms with Crippen LogP contribution < -0.4 is 0 Å². The quantitative estimate of drug-likeness (QED) is 0.00944. The molecule has 19 heteroatoms. The van der Waals surface area contributed by atoms with Crippen LogP contribution in [0.15, 0.2) is 85.1 Å². The topological polar surface area (TPSA) is 276 Å². The van der Waals surface area contributed by atoms with Crippen LogP contribution in [-0.4, -0.2) is 114 Å². The van der Waals surface area contributed by atoms with E-state index in [1.807, 2.05) is 12.2 Å². The van der Waals surface area contributed by atoms with Crippen LogP contribution in [0.1, 0.15) is 149 Å². The molecule has 6 unspecified atom stereocenters. The minimum atomic E-state index is -5.39. The van der Waals surface area contributed by atoms with Crippen LogP contribution in [0, 0.1) is 0 Å². The van der Waals surface area contributed by atoms with E-state index < -0.39 is 89.6 Å². The molecule has 0 aliphatic heterocycles. The zero-order valence-corrected chi connectivity index (χ0v) is 41.9. The van der Waals surface area contributed by atoms with Gasteiger partial charge in [-0.25, -0.2) is 9.13 Å². The molecule has 1 aliphatic carbocycles. The Bertz CT molecular complexity index is 1650. The van der Waals surface area contributed by atoms with E-state index in [1.54, 1.807) is 12.2 Å². The van der Waals surface area contributed by atoms with Gasteiger partial charge in [0.25, 0.3) is 0 Å². The minimum Gasteiger partial charge on any atom is -0.462 e. The van der Waals surface area contributed by atoms with Crippen molar-refractivity contribution < 1.29 is 82.0 Å². The zero-order chi connectivity index (χ0) is 50.5. The number of rotatable bonds is 39. The van der Waals surface area contributed by atoms with Crippen molar-refractivity contribution in [1.82, 2.24) is 0 Å². The second kappa shape index (κ2) is 38.8. The Morgan fingerprint density at radius 1 is 0.559 bits per heavy atom. The molecule has 0 aromatic carbocycles. The number of aliphatic hydroxyl groups is 5. The van der Waals surface area contributed by atoms with E-state index in [4.69, 9.17) is 18.5 Å². The van der Waals surface area contributed by atoms with E-state index in [9.17, 15) is 58.9 Å². The Morgan fingerprint density at radius 3 is 1.66 bits per heavy atom. The molecule has 68 heavy (non-hydrogen) atoms. The summed E-state index contributed by atoms with van der Waals surface area (Å²) in [5, 5.41) is 51.6. The number of allylic oxidation sites excluding steroid dienone is 13. The van der Waals surface area contributed by atoms with Gasteiger partial charge in [-0.05, 0) is 77.0 Å². The largest absolute Gasteiger partial charge is 0.472 e. The van der Waals surface area contributed by atoms with Gasteiger partial charge < -0.3 is 49.7 Å². The number of phosphoric acid groups is 2. The molecule has 390 valence electrons. The van der Waals surface area contributed by atoms with Gasteiger partial charge in [0, 0.05) is 12.8 Å². The lowest BCUT2D eigenvalue weighted by atomic mass is 9.85. The number of carbonyl (C=O) groups excluding carboxylic acids is 2. The summed E-state index contributed by atoms with van der Waals surface area (Å²) in [6, 6.07) is 0. The molecule has 1 saturated carbocycles. The number of hydrogen-bond donors (Lipinski definition) is 8. The second-order valence-corrected chi connectivity index (χ2v) is 19.2. The summed E-state index contributed by atoms with van der Waals surface area (Å²) >= 11 is 0. The van der Waals surface area contributed by atoms with E-state index in [1.165, 1.54) is 38.5 Å². The first-order valence-corrected chi connectivity index (χ1v) is 27.3. The zero-order valence-electron chi connectivity index (χ0n) is 40.1. The number of phosphoric ester groups is 2. The van der Waals surface area contributed by atoms with Crippen LogP contribution in [0.2, 0.25) is 0 Å². The van der Waals surface area contributed by atoms with Crippen LogP contribution in [0.25, 0.3) is 0 Å². The number of ether oxygens (including phenoxy) is 2. The fraction of sp³-hybridized carbons (Fsp3) is 0.673. The molecule has 0 spiro atoms. The first kappa shape index (κ1) is 63.2. The normalized spacial score (nSPS) is 22.4. The molecule has 0 aromatic heterocycles. The fourth-order valence-corrected chi connectivity index (χ4v) is 8.33. The highest BCUT2D eigenvalue weighted by Crippen LogP contribution is 2.49.